The van der Waals surface area contributed by atoms with Crippen molar-refractivity contribution in [2.75, 3.05) is 37.9 Å². The SMILES string of the molecule is COC(=O)c1c(N)nsc1NCCOCC(C)C. The summed E-state index contributed by atoms with van der Waals surface area (Å²) in [6, 6.07) is 0. The van der Waals surface area contributed by atoms with E-state index in [2.05, 4.69) is 28.3 Å². The van der Waals surface area contributed by atoms with E-state index in [1.807, 2.05) is 0 Å². The number of hydrogen-bond acceptors (Lipinski definition) is 7. The Hall–Kier alpha value is -1.34. The van der Waals surface area contributed by atoms with Gasteiger partial charge < -0.3 is 20.5 Å². The minimum Gasteiger partial charge on any atom is -0.465 e. The Morgan fingerprint density at radius 3 is 2.89 bits per heavy atom. The molecular formula is C11H19N3O3S. The van der Waals surface area contributed by atoms with Crippen LogP contribution in [0.15, 0.2) is 0 Å². The molecule has 102 valence electrons. The van der Waals surface area contributed by atoms with Crippen LogP contribution >= 0.6 is 11.5 Å². The van der Waals surface area contributed by atoms with Crippen LogP contribution in [0.2, 0.25) is 0 Å². The number of methoxy groups -OCH3 is 1. The predicted molar refractivity (Wildman–Crippen MR) is 72.0 cm³/mol. The van der Waals surface area contributed by atoms with E-state index in [-0.39, 0.29) is 5.82 Å². The van der Waals surface area contributed by atoms with E-state index in [1.54, 1.807) is 0 Å². The van der Waals surface area contributed by atoms with Gasteiger partial charge in [-0.25, -0.2) is 4.79 Å². The molecule has 0 radical (unpaired) electrons. The molecule has 18 heavy (non-hydrogen) atoms. The Labute approximate surface area is 111 Å². The molecule has 0 atom stereocenters. The highest BCUT2D eigenvalue weighted by Crippen LogP contribution is 2.27. The molecule has 0 saturated carbocycles. The van der Waals surface area contributed by atoms with E-state index >= 15 is 0 Å². The second-order valence-corrected chi connectivity index (χ2v) is 4.93. The topological polar surface area (TPSA) is 86.5 Å². The molecule has 7 heteroatoms. The van der Waals surface area contributed by atoms with Crippen molar-refractivity contribution < 1.29 is 14.3 Å². The first-order chi connectivity index (χ1) is 8.56. The van der Waals surface area contributed by atoms with Gasteiger partial charge >= 0.3 is 5.97 Å². The van der Waals surface area contributed by atoms with Crippen LogP contribution in [0.5, 0.6) is 0 Å². The molecule has 0 aliphatic carbocycles. The van der Waals surface area contributed by atoms with Gasteiger partial charge in [0.1, 0.15) is 10.6 Å². The third-order valence-electron chi connectivity index (χ3n) is 2.09. The number of hydrogen-bond donors (Lipinski definition) is 2. The molecule has 0 aliphatic heterocycles. The summed E-state index contributed by atoms with van der Waals surface area (Å²) in [6.07, 6.45) is 0. The second-order valence-electron chi connectivity index (χ2n) is 4.16. The van der Waals surface area contributed by atoms with Crippen LogP contribution in [0.3, 0.4) is 0 Å². The largest absolute Gasteiger partial charge is 0.465 e. The molecular weight excluding hydrogens is 254 g/mol. The number of ether oxygens (including phenoxy) is 2. The molecule has 6 nitrogen and oxygen atoms in total. The third kappa shape index (κ3) is 4.15. The number of esters is 1. The maximum absolute atomic E-state index is 11.5. The van der Waals surface area contributed by atoms with Crippen LogP contribution in [-0.2, 0) is 9.47 Å². The van der Waals surface area contributed by atoms with Crippen molar-refractivity contribution in [1.29, 1.82) is 0 Å². The molecule has 0 unspecified atom stereocenters. The maximum atomic E-state index is 11.5. The van der Waals surface area contributed by atoms with Gasteiger partial charge in [0.2, 0.25) is 0 Å². The molecule has 1 rings (SSSR count). The first kappa shape index (κ1) is 14.7. The van der Waals surface area contributed by atoms with Gasteiger partial charge in [-0.15, -0.1) is 0 Å². The summed E-state index contributed by atoms with van der Waals surface area (Å²) in [7, 11) is 1.31. The minimum atomic E-state index is -0.480. The first-order valence-corrected chi connectivity index (χ1v) is 6.48. The summed E-state index contributed by atoms with van der Waals surface area (Å²) in [5.74, 6) is 0.221. The third-order valence-corrected chi connectivity index (χ3v) is 2.91. The van der Waals surface area contributed by atoms with E-state index in [0.717, 1.165) is 18.1 Å². The lowest BCUT2D eigenvalue weighted by atomic mass is 10.2. The molecule has 0 bridgehead atoms. The zero-order valence-electron chi connectivity index (χ0n) is 10.9. The lowest BCUT2D eigenvalue weighted by Gasteiger charge is -2.08. The molecule has 0 amide bonds. The van der Waals surface area contributed by atoms with E-state index in [9.17, 15) is 4.79 Å². The fourth-order valence-electron chi connectivity index (χ4n) is 1.28. The van der Waals surface area contributed by atoms with Gasteiger partial charge in [0.05, 0.1) is 13.7 Å². The van der Waals surface area contributed by atoms with Crippen molar-refractivity contribution in [2.45, 2.75) is 13.8 Å². The summed E-state index contributed by atoms with van der Waals surface area (Å²) in [4.78, 5) is 11.5. The number of nitrogen functional groups attached to an aromatic ring is 1. The van der Waals surface area contributed by atoms with E-state index < -0.39 is 5.97 Å². The number of aromatic nitrogens is 1. The number of anilines is 2. The Morgan fingerprint density at radius 1 is 1.56 bits per heavy atom. The summed E-state index contributed by atoms with van der Waals surface area (Å²) in [5.41, 5.74) is 5.91. The number of nitrogens with two attached hydrogens (primary N) is 1. The molecule has 0 aromatic carbocycles. The Morgan fingerprint density at radius 2 is 2.28 bits per heavy atom. The second kappa shape index (κ2) is 7.17. The average molecular weight is 273 g/mol. The number of carbonyl (C=O) groups is 1. The lowest BCUT2D eigenvalue weighted by molar-refractivity contribution is 0.0603. The summed E-state index contributed by atoms with van der Waals surface area (Å²) < 4.78 is 14.0. The van der Waals surface area contributed by atoms with Crippen LogP contribution in [-0.4, -0.2) is 37.2 Å². The van der Waals surface area contributed by atoms with Crippen molar-refractivity contribution in [3.63, 3.8) is 0 Å². The Kier molecular flexibility index (Phi) is 5.87. The average Bonchev–Trinajstić information content (AvgIpc) is 2.69. The standard InChI is InChI=1S/C11H19N3O3S/c1-7(2)6-17-5-4-13-10-8(11(15)16-3)9(12)14-18-10/h7,13H,4-6H2,1-3H3,(H2,12,14). The highest BCUT2D eigenvalue weighted by molar-refractivity contribution is 7.11. The summed E-state index contributed by atoms with van der Waals surface area (Å²) in [6.45, 7) is 6.06. The first-order valence-electron chi connectivity index (χ1n) is 5.71. The molecule has 0 fully saturated rings. The zero-order chi connectivity index (χ0) is 13.5. The minimum absolute atomic E-state index is 0.192. The van der Waals surface area contributed by atoms with E-state index in [4.69, 9.17) is 10.5 Å². The van der Waals surface area contributed by atoms with Crippen LogP contribution in [0.25, 0.3) is 0 Å². The van der Waals surface area contributed by atoms with Gasteiger partial charge in [-0.3, -0.25) is 0 Å². The van der Waals surface area contributed by atoms with Gasteiger partial charge in [-0.1, -0.05) is 13.8 Å². The molecule has 1 aromatic heterocycles. The van der Waals surface area contributed by atoms with Gasteiger partial charge in [-0.2, -0.15) is 4.37 Å². The molecule has 1 heterocycles. The van der Waals surface area contributed by atoms with Crippen molar-refractivity contribution in [3.05, 3.63) is 5.56 Å². The normalized spacial score (nSPS) is 10.7. The fraction of sp³-hybridized carbons (Fsp3) is 0.636. The molecule has 1 aromatic rings. The van der Waals surface area contributed by atoms with Crippen molar-refractivity contribution >= 4 is 28.3 Å². The molecule has 0 spiro atoms. The zero-order valence-corrected chi connectivity index (χ0v) is 11.7. The van der Waals surface area contributed by atoms with Crippen molar-refractivity contribution in [1.82, 2.24) is 4.37 Å². The Balaban J connectivity index is 2.45. The monoisotopic (exact) mass is 273 g/mol. The lowest BCUT2D eigenvalue weighted by Crippen LogP contribution is -2.14. The van der Waals surface area contributed by atoms with Gasteiger partial charge in [0, 0.05) is 13.2 Å². The number of nitrogens with one attached hydrogen (secondary N) is 1. The van der Waals surface area contributed by atoms with Crippen LogP contribution in [0.4, 0.5) is 10.8 Å². The van der Waals surface area contributed by atoms with Crippen molar-refractivity contribution in [2.24, 2.45) is 5.92 Å². The molecule has 3 N–H and O–H groups in total. The number of rotatable bonds is 7. The number of carbonyl (C=O) groups excluding carboxylic acids is 1. The van der Waals surface area contributed by atoms with Crippen molar-refractivity contribution in [3.8, 4) is 0 Å². The maximum Gasteiger partial charge on any atom is 0.344 e. The van der Waals surface area contributed by atoms with E-state index in [1.165, 1.54) is 7.11 Å². The van der Waals surface area contributed by atoms with Gasteiger partial charge in [0.25, 0.3) is 0 Å². The fourth-order valence-corrected chi connectivity index (χ4v) is 2.00. The highest BCUT2D eigenvalue weighted by Gasteiger charge is 2.19. The smallest absolute Gasteiger partial charge is 0.344 e. The van der Waals surface area contributed by atoms with Crippen LogP contribution < -0.4 is 11.1 Å². The van der Waals surface area contributed by atoms with E-state index in [0.29, 0.717) is 29.6 Å². The quantitative estimate of drug-likeness (QED) is 0.579. The number of nitrogens with zero attached hydrogens (tertiary/aromatic N) is 1. The van der Waals surface area contributed by atoms with Crippen LogP contribution in [0, 0.1) is 5.92 Å². The van der Waals surface area contributed by atoms with Gasteiger partial charge in [-0.05, 0) is 17.5 Å². The molecule has 0 saturated heterocycles. The van der Waals surface area contributed by atoms with Crippen LogP contribution in [0.1, 0.15) is 24.2 Å². The Bertz CT molecular complexity index is 393. The summed E-state index contributed by atoms with van der Waals surface area (Å²) >= 11 is 1.14. The predicted octanol–water partition coefficient (Wildman–Crippen LogP) is 1.60. The highest BCUT2D eigenvalue weighted by atomic mass is 32.1. The summed E-state index contributed by atoms with van der Waals surface area (Å²) in [5, 5.41) is 3.69. The van der Waals surface area contributed by atoms with Gasteiger partial charge in [0.15, 0.2) is 5.82 Å². The molecule has 0 aliphatic rings.